The van der Waals surface area contributed by atoms with Crippen molar-refractivity contribution in [2.24, 2.45) is 0 Å². The molecule has 4 nitrogen and oxygen atoms in total. The average Bonchev–Trinajstić information content (AvgIpc) is 3.37. The highest BCUT2D eigenvalue weighted by Gasteiger charge is 2.28. The number of piperidine rings is 1. The molecule has 1 fully saturated rings. The summed E-state index contributed by atoms with van der Waals surface area (Å²) in [5.74, 6) is 0.665. The predicted molar refractivity (Wildman–Crippen MR) is 114 cm³/mol. The van der Waals surface area contributed by atoms with Crippen molar-refractivity contribution in [1.29, 1.82) is 0 Å². The zero-order valence-electron chi connectivity index (χ0n) is 15.6. The first-order valence-electron chi connectivity index (χ1n) is 9.60. The molecule has 1 N–H and O–H groups in total. The first-order chi connectivity index (χ1) is 13.2. The van der Waals surface area contributed by atoms with Crippen molar-refractivity contribution < 1.29 is 4.79 Å². The van der Waals surface area contributed by atoms with E-state index < -0.39 is 0 Å². The Morgan fingerprint density at radius 3 is 2.81 bits per heavy atom. The molecule has 3 aromatic rings. The molecule has 0 spiro atoms. The van der Waals surface area contributed by atoms with E-state index >= 15 is 0 Å². The van der Waals surface area contributed by atoms with Gasteiger partial charge >= 0.3 is 0 Å². The number of fused-ring (bicyclic) bond motifs is 1. The van der Waals surface area contributed by atoms with E-state index in [1.807, 2.05) is 24.3 Å². The number of hydrogen-bond acceptors (Lipinski definition) is 5. The average molecular weight is 400 g/mol. The summed E-state index contributed by atoms with van der Waals surface area (Å²) in [6, 6.07) is 12.5. The smallest absolute Gasteiger partial charge is 0.237 e. The number of nitrogens with zero attached hydrogens (tertiary/aromatic N) is 2. The molecule has 1 aliphatic heterocycles. The van der Waals surface area contributed by atoms with E-state index in [4.69, 9.17) is 4.98 Å². The van der Waals surface area contributed by atoms with Crippen LogP contribution in [0.1, 0.15) is 35.6 Å². The Morgan fingerprint density at radius 2 is 2.07 bits per heavy atom. The van der Waals surface area contributed by atoms with Gasteiger partial charge < -0.3 is 5.32 Å². The summed E-state index contributed by atoms with van der Waals surface area (Å²) in [4.78, 5) is 20.9. The fourth-order valence-corrected chi connectivity index (χ4v) is 5.52. The molecule has 1 unspecified atom stereocenters. The second-order valence-electron chi connectivity index (χ2n) is 7.13. The van der Waals surface area contributed by atoms with Crippen LogP contribution in [0.3, 0.4) is 0 Å². The minimum absolute atomic E-state index is 0.0651. The summed E-state index contributed by atoms with van der Waals surface area (Å²) in [6.07, 6.45) is 3.06. The van der Waals surface area contributed by atoms with Crippen LogP contribution in [0.4, 0.5) is 0 Å². The molecule has 2 aromatic heterocycles. The lowest BCUT2D eigenvalue weighted by Gasteiger charge is -2.34. The standard InChI is InChI=1S/C21H25N3OS2/c1-15(20(25)22-11-8-17-5-4-14-26-17)24-12-9-16(10-13-24)21-23-18-6-2-3-7-19(18)27-21/h2-7,14-16H,8-13H2,1H3,(H,22,25). The minimum atomic E-state index is -0.0651. The lowest BCUT2D eigenvalue weighted by atomic mass is 9.96. The van der Waals surface area contributed by atoms with E-state index in [-0.39, 0.29) is 11.9 Å². The van der Waals surface area contributed by atoms with Crippen molar-refractivity contribution in [3.8, 4) is 0 Å². The van der Waals surface area contributed by atoms with Gasteiger partial charge in [0.25, 0.3) is 0 Å². The van der Waals surface area contributed by atoms with Gasteiger partial charge in [-0.2, -0.15) is 0 Å². The molecule has 1 aromatic carbocycles. The van der Waals surface area contributed by atoms with Gasteiger partial charge in [-0.1, -0.05) is 18.2 Å². The van der Waals surface area contributed by atoms with Gasteiger partial charge in [-0.3, -0.25) is 9.69 Å². The quantitative estimate of drug-likeness (QED) is 0.673. The molecule has 0 aliphatic carbocycles. The number of thiophene rings is 1. The number of aromatic nitrogens is 1. The summed E-state index contributed by atoms with van der Waals surface area (Å²) < 4.78 is 1.27. The SMILES string of the molecule is CC(C(=O)NCCc1cccs1)N1CCC(c2nc3ccccc3s2)CC1. The molecule has 27 heavy (non-hydrogen) atoms. The first kappa shape index (κ1) is 18.6. The molecule has 1 amide bonds. The Hall–Kier alpha value is -1.76. The highest BCUT2D eigenvalue weighted by Crippen LogP contribution is 2.34. The Labute approximate surface area is 168 Å². The van der Waals surface area contributed by atoms with E-state index in [9.17, 15) is 4.79 Å². The maximum atomic E-state index is 12.5. The Morgan fingerprint density at radius 1 is 1.26 bits per heavy atom. The van der Waals surface area contributed by atoms with E-state index in [1.54, 1.807) is 11.3 Å². The van der Waals surface area contributed by atoms with Crippen LogP contribution in [0.25, 0.3) is 10.2 Å². The summed E-state index contributed by atoms with van der Waals surface area (Å²) in [7, 11) is 0. The lowest BCUT2D eigenvalue weighted by molar-refractivity contribution is -0.126. The largest absolute Gasteiger partial charge is 0.354 e. The monoisotopic (exact) mass is 399 g/mol. The third kappa shape index (κ3) is 4.39. The molecule has 4 rings (SSSR count). The number of rotatable bonds is 6. The predicted octanol–water partition coefficient (Wildman–Crippen LogP) is 4.28. The van der Waals surface area contributed by atoms with Crippen molar-refractivity contribution in [1.82, 2.24) is 15.2 Å². The normalized spacial score (nSPS) is 17.2. The Balaban J connectivity index is 1.27. The van der Waals surface area contributed by atoms with Gasteiger partial charge in [-0.25, -0.2) is 4.98 Å². The molecule has 0 saturated carbocycles. The topological polar surface area (TPSA) is 45.2 Å². The number of benzene rings is 1. The Kier molecular flexibility index (Phi) is 5.86. The molecular weight excluding hydrogens is 374 g/mol. The van der Waals surface area contributed by atoms with E-state index in [2.05, 4.69) is 45.9 Å². The van der Waals surface area contributed by atoms with Gasteiger partial charge in [0.05, 0.1) is 21.3 Å². The highest BCUT2D eigenvalue weighted by atomic mass is 32.1. The molecule has 142 valence electrons. The maximum Gasteiger partial charge on any atom is 0.237 e. The van der Waals surface area contributed by atoms with Gasteiger partial charge in [0, 0.05) is 17.3 Å². The number of para-hydroxylation sites is 1. The van der Waals surface area contributed by atoms with Crippen LogP contribution >= 0.6 is 22.7 Å². The number of likely N-dealkylation sites (tertiary alicyclic amines) is 1. The molecule has 0 bridgehead atoms. The van der Waals surface area contributed by atoms with Crippen LogP contribution in [0, 0.1) is 0 Å². The summed E-state index contributed by atoms with van der Waals surface area (Å²) in [5, 5.41) is 6.43. The van der Waals surface area contributed by atoms with Crippen LogP contribution in [0.5, 0.6) is 0 Å². The number of hydrogen-bond donors (Lipinski definition) is 1. The Bertz CT molecular complexity index is 849. The number of carbonyl (C=O) groups is 1. The van der Waals surface area contributed by atoms with Crippen molar-refractivity contribution >= 4 is 38.8 Å². The molecule has 1 aliphatic rings. The molecule has 6 heteroatoms. The number of thiazole rings is 1. The number of carbonyl (C=O) groups excluding carboxylic acids is 1. The molecule has 3 heterocycles. The summed E-state index contributed by atoms with van der Waals surface area (Å²) >= 11 is 3.57. The van der Waals surface area contributed by atoms with E-state index in [0.29, 0.717) is 12.5 Å². The number of amides is 1. The van der Waals surface area contributed by atoms with Gasteiger partial charge in [0.2, 0.25) is 5.91 Å². The fraction of sp³-hybridized carbons (Fsp3) is 0.429. The fourth-order valence-electron chi connectivity index (χ4n) is 3.68. The van der Waals surface area contributed by atoms with Crippen molar-refractivity contribution in [3.05, 3.63) is 51.7 Å². The lowest BCUT2D eigenvalue weighted by Crippen LogP contribution is -2.48. The zero-order valence-corrected chi connectivity index (χ0v) is 17.2. The maximum absolute atomic E-state index is 12.5. The van der Waals surface area contributed by atoms with Gasteiger partial charge in [-0.15, -0.1) is 22.7 Å². The summed E-state index contributed by atoms with van der Waals surface area (Å²) in [6.45, 7) is 4.66. The van der Waals surface area contributed by atoms with Crippen molar-refractivity contribution in [2.75, 3.05) is 19.6 Å². The van der Waals surface area contributed by atoms with Crippen molar-refractivity contribution in [3.63, 3.8) is 0 Å². The summed E-state index contributed by atoms with van der Waals surface area (Å²) in [5.41, 5.74) is 1.11. The van der Waals surface area contributed by atoms with Crippen LogP contribution in [0.2, 0.25) is 0 Å². The molecule has 1 saturated heterocycles. The molecular formula is C21H25N3OS2. The van der Waals surface area contributed by atoms with Crippen molar-refractivity contribution in [2.45, 2.75) is 38.1 Å². The zero-order chi connectivity index (χ0) is 18.6. The number of nitrogens with one attached hydrogen (secondary N) is 1. The highest BCUT2D eigenvalue weighted by molar-refractivity contribution is 7.18. The van der Waals surface area contributed by atoms with E-state index in [1.165, 1.54) is 14.6 Å². The second kappa shape index (κ2) is 8.50. The minimum Gasteiger partial charge on any atom is -0.354 e. The van der Waals surface area contributed by atoms with Crippen LogP contribution in [-0.2, 0) is 11.2 Å². The van der Waals surface area contributed by atoms with Crippen LogP contribution in [0.15, 0.2) is 41.8 Å². The third-order valence-electron chi connectivity index (χ3n) is 5.37. The van der Waals surface area contributed by atoms with Crippen LogP contribution in [-0.4, -0.2) is 41.5 Å². The second-order valence-corrected chi connectivity index (χ2v) is 9.22. The van der Waals surface area contributed by atoms with Gasteiger partial charge in [-0.05, 0) is 62.9 Å². The first-order valence-corrected chi connectivity index (χ1v) is 11.3. The molecule has 0 radical (unpaired) electrons. The van der Waals surface area contributed by atoms with Crippen LogP contribution < -0.4 is 5.32 Å². The third-order valence-corrected chi connectivity index (χ3v) is 7.50. The molecule has 1 atom stereocenters. The van der Waals surface area contributed by atoms with E-state index in [0.717, 1.165) is 37.9 Å². The van der Waals surface area contributed by atoms with Gasteiger partial charge in [0.15, 0.2) is 0 Å². The van der Waals surface area contributed by atoms with Gasteiger partial charge in [0.1, 0.15) is 0 Å².